The van der Waals surface area contributed by atoms with Crippen LogP contribution in [0, 0.1) is 5.92 Å². The van der Waals surface area contributed by atoms with Crippen LogP contribution in [-0.2, 0) is 4.79 Å². The van der Waals surface area contributed by atoms with Crippen LogP contribution in [0.5, 0.6) is 0 Å². The molecule has 2 fully saturated rings. The van der Waals surface area contributed by atoms with E-state index < -0.39 is 0 Å². The van der Waals surface area contributed by atoms with Crippen molar-refractivity contribution in [1.29, 1.82) is 0 Å². The van der Waals surface area contributed by atoms with Gasteiger partial charge in [0.1, 0.15) is 0 Å². The number of ketones is 1. The van der Waals surface area contributed by atoms with Crippen LogP contribution < -0.4 is 5.32 Å². The highest BCUT2D eigenvalue weighted by Gasteiger charge is 2.32. The lowest BCUT2D eigenvalue weighted by molar-refractivity contribution is -0.123. The summed E-state index contributed by atoms with van der Waals surface area (Å²) in [5, 5.41) is 4.16. The number of para-hydroxylation sites is 1. The molecule has 5 nitrogen and oxygen atoms in total. The summed E-state index contributed by atoms with van der Waals surface area (Å²) in [5.41, 5.74) is 3.69. The van der Waals surface area contributed by atoms with Crippen LogP contribution in [-0.4, -0.2) is 47.3 Å². The van der Waals surface area contributed by atoms with Gasteiger partial charge in [0.15, 0.2) is 5.78 Å². The van der Waals surface area contributed by atoms with E-state index in [0.717, 1.165) is 66.5 Å². The third kappa shape index (κ3) is 3.90. The molecule has 3 aromatic rings. The van der Waals surface area contributed by atoms with Crippen molar-refractivity contribution in [3.05, 3.63) is 60.2 Å². The molecule has 154 valence electrons. The second-order valence-electron chi connectivity index (χ2n) is 8.54. The van der Waals surface area contributed by atoms with Crippen molar-refractivity contribution in [2.75, 3.05) is 19.6 Å². The third-order valence-corrected chi connectivity index (χ3v) is 6.30. The Morgan fingerprint density at radius 2 is 1.63 bits per heavy atom. The number of carbonyl (C=O) groups is 2. The molecule has 30 heavy (non-hydrogen) atoms. The lowest BCUT2D eigenvalue weighted by Crippen LogP contribution is -2.46. The second-order valence-corrected chi connectivity index (χ2v) is 8.54. The van der Waals surface area contributed by atoms with Crippen LogP contribution in [0.3, 0.4) is 0 Å². The van der Waals surface area contributed by atoms with Crippen LogP contribution in [0.4, 0.5) is 0 Å². The average molecular weight is 402 g/mol. The first-order chi connectivity index (χ1) is 14.7. The van der Waals surface area contributed by atoms with Crippen molar-refractivity contribution < 1.29 is 9.59 Å². The Hall–Kier alpha value is -2.92. The van der Waals surface area contributed by atoms with E-state index >= 15 is 0 Å². The Bertz CT molecular complexity index is 1060. The number of amides is 1. The molecule has 1 saturated heterocycles. The number of carbonyl (C=O) groups excluding carboxylic acids is 2. The molecule has 2 heterocycles. The average Bonchev–Trinajstić information content (AvgIpc) is 3.55. The minimum Gasteiger partial charge on any atom is -0.354 e. The van der Waals surface area contributed by atoms with Gasteiger partial charge in [0.05, 0.1) is 17.8 Å². The summed E-state index contributed by atoms with van der Waals surface area (Å²) >= 11 is 0. The largest absolute Gasteiger partial charge is 0.354 e. The molecule has 5 heteroatoms. The molecule has 2 aromatic carbocycles. The number of hydrogen-bond acceptors (Lipinski definition) is 3. The molecule has 2 aliphatic rings. The molecule has 0 radical (unpaired) electrons. The topological polar surface area (TPSA) is 65.2 Å². The number of rotatable bonds is 6. The highest BCUT2D eigenvalue weighted by Crippen LogP contribution is 2.31. The smallest absolute Gasteiger partial charge is 0.223 e. The predicted octanol–water partition coefficient (Wildman–Crippen LogP) is 4.01. The summed E-state index contributed by atoms with van der Waals surface area (Å²) in [6, 6.07) is 18.3. The molecule has 1 amide bonds. The maximum Gasteiger partial charge on any atom is 0.223 e. The van der Waals surface area contributed by atoms with Gasteiger partial charge < -0.3 is 10.3 Å². The first-order valence-corrected chi connectivity index (χ1v) is 10.9. The van der Waals surface area contributed by atoms with Crippen molar-refractivity contribution in [2.45, 2.75) is 31.7 Å². The maximum absolute atomic E-state index is 13.4. The van der Waals surface area contributed by atoms with Crippen LogP contribution >= 0.6 is 0 Å². The molecule has 1 saturated carbocycles. The molecule has 5 rings (SSSR count). The molecule has 1 aromatic heterocycles. The van der Waals surface area contributed by atoms with E-state index in [0.29, 0.717) is 6.54 Å². The number of piperidine rings is 1. The van der Waals surface area contributed by atoms with E-state index in [2.05, 4.69) is 15.2 Å². The predicted molar refractivity (Wildman–Crippen MR) is 118 cm³/mol. The van der Waals surface area contributed by atoms with Gasteiger partial charge in [-0.15, -0.1) is 0 Å². The Labute approximate surface area is 176 Å². The summed E-state index contributed by atoms with van der Waals surface area (Å²) < 4.78 is 0. The van der Waals surface area contributed by atoms with Gasteiger partial charge in [-0.25, -0.2) is 0 Å². The number of nitrogens with one attached hydrogen (secondary N) is 2. The number of aromatic amines is 1. The van der Waals surface area contributed by atoms with Gasteiger partial charge in [-0.2, -0.15) is 0 Å². The van der Waals surface area contributed by atoms with E-state index in [9.17, 15) is 9.59 Å². The number of hydrogen-bond donors (Lipinski definition) is 2. The fraction of sp³-hybridized carbons (Fsp3) is 0.360. The molecule has 2 N–H and O–H groups in total. The van der Waals surface area contributed by atoms with Gasteiger partial charge in [0.2, 0.25) is 5.91 Å². The molecule has 0 unspecified atom stereocenters. The summed E-state index contributed by atoms with van der Waals surface area (Å²) in [4.78, 5) is 31.1. The number of fused-ring (bicyclic) bond motifs is 1. The number of Topliss-reactive ketones (excluding diaryl/α,β-unsaturated/α-hetero) is 1. The number of nitrogens with zero attached hydrogens (tertiary/aromatic N) is 1. The Morgan fingerprint density at radius 1 is 0.933 bits per heavy atom. The van der Waals surface area contributed by atoms with Crippen molar-refractivity contribution in [3.63, 3.8) is 0 Å². The zero-order valence-corrected chi connectivity index (χ0v) is 17.1. The minimum atomic E-state index is 0.145. The molecular weight excluding hydrogens is 374 g/mol. The second kappa shape index (κ2) is 8.07. The summed E-state index contributed by atoms with van der Waals surface area (Å²) in [6.07, 6.45) is 3.89. The molecule has 1 aliphatic carbocycles. The first kappa shape index (κ1) is 19.1. The fourth-order valence-electron chi connectivity index (χ4n) is 4.44. The molecule has 0 spiro atoms. The lowest BCUT2D eigenvalue weighted by atomic mass is 10.00. The van der Waals surface area contributed by atoms with Crippen LogP contribution in [0.2, 0.25) is 0 Å². The van der Waals surface area contributed by atoms with E-state index in [-0.39, 0.29) is 23.7 Å². The quantitative estimate of drug-likeness (QED) is 0.614. The van der Waals surface area contributed by atoms with Gasteiger partial charge in [-0.3, -0.25) is 14.5 Å². The number of H-pyrrole nitrogens is 1. The van der Waals surface area contributed by atoms with Crippen molar-refractivity contribution >= 4 is 22.6 Å². The Balaban J connectivity index is 1.31. The van der Waals surface area contributed by atoms with E-state index in [4.69, 9.17) is 0 Å². The summed E-state index contributed by atoms with van der Waals surface area (Å²) in [7, 11) is 0. The Morgan fingerprint density at radius 3 is 2.37 bits per heavy atom. The molecule has 0 atom stereocenters. The van der Waals surface area contributed by atoms with E-state index in [1.165, 1.54) is 0 Å². The third-order valence-electron chi connectivity index (χ3n) is 6.30. The number of benzene rings is 2. The summed E-state index contributed by atoms with van der Waals surface area (Å²) in [5.74, 6) is 0.616. The highest BCUT2D eigenvalue weighted by molar-refractivity contribution is 6.14. The Kier molecular flexibility index (Phi) is 5.13. The fourth-order valence-corrected chi connectivity index (χ4v) is 4.44. The SMILES string of the molecule is O=C(CN1CCC(NC(=O)C2CC2)CC1)c1c(-c2ccccc2)[nH]c2ccccc12. The normalized spacial score (nSPS) is 17.9. The van der Waals surface area contributed by atoms with Gasteiger partial charge in [0, 0.05) is 36.0 Å². The van der Waals surface area contributed by atoms with Crippen molar-refractivity contribution in [3.8, 4) is 11.3 Å². The van der Waals surface area contributed by atoms with E-state index in [1.807, 2.05) is 54.6 Å². The standard InChI is InChI=1S/C25H27N3O2/c29-22(16-28-14-12-19(13-15-28)26-25(30)18-10-11-18)23-20-8-4-5-9-21(20)27-24(23)17-6-2-1-3-7-17/h1-9,18-19,27H,10-16H2,(H,26,30). The van der Waals surface area contributed by atoms with Crippen LogP contribution in [0.15, 0.2) is 54.6 Å². The van der Waals surface area contributed by atoms with Crippen molar-refractivity contribution in [2.24, 2.45) is 5.92 Å². The number of likely N-dealkylation sites (tertiary alicyclic amines) is 1. The lowest BCUT2D eigenvalue weighted by Gasteiger charge is -2.32. The van der Waals surface area contributed by atoms with Gasteiger partial charge in [-0.1, -0.05) is 48.5 Å². The first-order valence-electron chi connectivity index (χ1n) is 10.9. The van der Waals surface area contributed by atoms with Crippen LogP contribution in [0.1, 0.15) is 36.0 Å². The van der Waals surface area contributed by atoms with E-state index in [1.54, 1.807) is 0 Å². The van der Waals surface area contributed by atoms with Gasteiger partial charge in [0.25, 0.3) is 0 Å². The van der Waals surface area contributed by atoms with Gasteiger partial charge >= 0.3 is 0 Å². The summed E-state index contributed by atoms with van der Waals surface area (Å²) in [6.45, 7) is 2.08. The maximum atomic E-state index is 13.4. The minimum absolute atomic E-state index is 0.145. The number of aromatic nitrogens is 1. The van der Waals surface area contributed by atoms with Crippen molar-refractivity contribution in [1.82, 2.24) is 15.2 Å². The van der Waals surface area contributed by atoms with Gasteiger partial charge in [-0.05, 0) is 37.3 Å². The monoisotopic (exact) mass is 401 g/mol. The molecule has 0 bridgehead atoms. The molecular formula is C25H27N3O2. The van der Waals surface area contributed by atoms with Crippen LogP contribution in [0.25, 0.3) is 22.2 Å². The highest BCUT2D eigenvalue weighted by atomic mass is 16.2. The zero-order chi connectivity index (χ0) is 20.5. The molecule has 1 aliphatic heterocycles. The zero-order valence-electron chi connectivity index (χ0n) is 17.1.